The maximum atomic E-state index is 12.1. The highest BCUT2D eigenvalue weighted by Gasteiger charge is 2.34. The van der Waals surface area contributed by atoms with Crippen LogP contribution in [0.2, 0.25) is 0 Å². The normalized spacial score (nSPS) is 27.0. The fraction of sp³-hybridized carbons (Fsp3) is 0.312. The van der Waals surface area contributed by atoms with Crippen LogP contribution in [-0.2, 0) is 14.3 Å². The van der Waals surface area contributed by atoms with Crippen molar-refractivity contribution in [2.75, 3.05) is 13.7 Å². The van der Waals surface area contributed by atoms with E-state index >= 15 is 0 Å². The van der Waals surface area contributed by atoms with Crippen LogP contribution in [0, 0.1) is 0 Å². The predicted molar refractivity (Wildman–Crippen MR) is 77.0 cm³/mol. The number of ether oxygens (including phenoxy) is 2. The van der Waals surface area contributed by atoms with Crippen LogP contribution in [0.25, 0.3) is 0 Å². The van der Waals surface area contributed by atoms with Crippen molar-refractivity contribution in [1.82, 2.24) is 5.32 Å². The Kier molecular flexibility index (Phi) is 3.43. The number of Topliss-reactive ketones (excluding diaryl/α,β-unsaturated/α-hetero) is 1. The molecule has 0 aromatic rings. The number of allylic oxidation sites excluding steroid dienone is 2. The first-order chi connectivity index (χ1) is 10.1. The van der Waals surface area contributed by atoms with Crippen LogP contribution >= 0.6 is 0 Å². The quantitative estimate of drug-likeness (QED) is 0.813. The average molecular weight is 287 g/mol. The van der Waals surface area contributed by atoms with Gasteiger partial charge < -0.3 is 19.9 Å². The van der Waals surface area contributed by atoms with Gasteiger partial charge in [-0.2, -0.15) is 0 Å². The highest BCUT2D eigenvalue weighted by atomic mass is 16.5. The van der Waals surface area contributed by atoms with Crippen LogP contribution in [0.4, 0.5) is 0 Å². The molecule has 3 rings (SSSR count). The molecule has 2 unspecified atom stereocenters. The summed E-state index contributed by atoms with van der Waals surface area (Å²) < 4.78 is 10.5. The van der Waals surface area contributed by atoms with Crippen molar-refractivity contribution >= 4 is 5.78 Å². The standard InChI is InChI=1S/C16H17NO4/c1-3-21-14-8-13-11(15(18)16(14)19)7-9-6-10(20-2)4-5-12(9)17-13/h4-8,12,15,17-18H,3H2,1-2H3. The van der Waals surface area contributed by atoms with Crippen molar-refractivity contribution in [3.8, 4) is 0 Å². The van der Waals surface area contributed by atoms with E-state index in [1.807, 2.05) is 24.3 Å². The van der Waals surface area contributed by atoms with Gasteiger partial charge in [0.1, 0.15) is 11.9 Å². The van der Waals surface area contributed by atoms with Crippen LogP contribution in [0.5, 0.6) is 0 Å². The third kappa shape index (κ3) is 2.29. The lowest BCUT2D eigenvalue weighted by Crippen LogP contribution is -2.39. The molecule has 3 aliphatic rings. The molecule has 1 heterocycles. The number of ketones is 1. The maximum Gasteiger partial charge on any atom is 0.230 e. The van der Waals surface area contributed by atoms with Crippen molar-refractivity contribution in [2.24, 2.45) is 0 Å². The first-order valence-corrected chi connectivity index (χ1v) is 6.87. The van der Waals surface area contributed by atoms with E-state index in [1.165, 1.54) is 0 Å². The third-order valence-corrected chi connectivity index (χ3v) is 3.66. The summed E-state index contributed by atoms with van der Waals surface area (Å²) in [6, 6.07) is 0.00202. The van der Waals surface area contributed by atoms with Crippen LogP contribution in [0.1, 0.15) is 6.92 Å². The summed E-state index contributed by atoms with van der Waals surface area (Å²) in [5.41, 5.74) is 2.24. The number of carbonyl (C=O) groups excluding carboxylic acids is 1. The molecule has 2 aliphatic carbocycles. The highest BCUT2D eigenvalue weighted by molar-refractivity contribution is 6.01. The Labute approximate surface area is 122 Å². The summed E-state index contributed by atoms with van der Waals surface area (Å²) in [4.78, 5) is 12.1. The van der Waals surface area contributed by atoms with Gasteiger partial charge in [-0.25, -0.2) is 0 Å². The Morgan fingerprint density at radius 1 is 1.33 bits per heavy atom. The number of dihydropyridines is 1. The van der Waals surface area contributed by atoms with Gasteiger partial charge in [0, 0.05) is 17.3 Å². The summed E-state index contributed by atoms with van der Waals surface area (Å²) >= 11 is 0. The number of aliphatic hydroxyl groups excluding tert-OH is 1. The number of rotatable bonds is 3. The average Bonchev–Trinajstić information content (AvgIpc) is 2.50. The van der Waals surface area contributed by atoms with Crippen molar-refractivity contribution in [2.45, 2.75) is 19.1 Å². The summed E-state index contributed by atoms with van der Waals surface area (Å²) in [7, 11) is 1.61. The van der Waals surface area contributed by atoms with Gasteiger partial charge in [0.05, 0.1) is 19.8 Å². The second kappa shape index (κ2) is 5.26. The van der Waals surface area contributed by atoms with Crippen LogP contribution in [-0.4, -0.2) is 36.8 Å². The zero-order valence-corrected chi connectivity index (χ0v) is 11.9. The Bertz CT molecular complexity index is 637. The fourth-order valence-electron chi connectivity index (χ4n) is 2.60. The maximum absolute atomic E-state index is 12.1. The van der Waals surface area contributed by atoms with Crippen molar-refractivity contribution < 1.29 is 19.4 Å². The second-order valence-electron chi connectivity index (χ2n) is 4.95. The molecule has 0 spiro atoms. The monoisotopic (exact) mass is 287 g/mol. The number of hydrogen-bond acceptors (Lipinski definition) is 5. The third-order valence-electron chi connectivity index (χ3n) is 3.66. The summed E-state index contributed by atoms with van der Waals surface area (Å²) in [6.45, 7) is 2.19. The van der Waals surface area contributed by atoms with Gasteiger partial charge in [-0.1, -0.05) is 6.08 Å². The zero-order valence-electron chi connectivity index (χ0n) is 11.9. The topological polar surface area (TPSA) is 67.8 Å². The summed E-state index contributed by atoms with van der Waals surface area (Å²) in [6.07, 6.45) is 8.05. The van der Waals surface area contributed by atoms with Gasteiger partial charge in [-0.3, -0.25) is 4.79 Å². The summed E-state index contributed by atoms with van der Waals surface area (Å²) in [5, 5.41) is 13.5. The molecule has 0 saturated heterocycles. The molecule has 0 radical (unpaired) electrons. The predicted octanol–water partition coefficient (Wildman–Crippen LogP) is 1.10. The van der Waals surface area contributed by atoms with Gasteiger partial charge in [-0.05, 0) is 30.7 Å². The number of nitrogens with one attached hydrogen (secondary N) is 1. The molecule has 0 saturated carbocycles. The first-order valence-electron chi connectivity index (χ1n) is 6.87. The SMILES string of the molecule is CCOC1=CC2=C(C=C3C=C(OC)C=CC3N2)C(O)C1=O. The van der Waals surface area contributed by atoms with Crippen LogP contribution in [0.15, 0.2) is 58.7 Å². The van der Waals surface area contributed by atoms with Gasteiger partial charge in [0.15, 0.2) is 5.76 Å². The minimum absolute atomic E-state index is 0.00202. The van der Waals surface area contributed by atoms with E-state index in [0.717, 1.165) is 17.0 Å². The molecule has 110 valence electrons. The number of hydrogen-bond donors (Lipinski definition) is 2. The fourth-order valence-corrected chi connectivity index (χ4v) is 2.60. The van der Waals surface area contributed by atoms with E-state index in [1.54, 1.807) is 20.1 Å². The van der Waals surface area contributed by atoms with Crippen LogP contribution in [0.3, 0.4) is 0 Å². The molecule has 0 aromatic heterocycles. The Hall–Kier alpha value is -2.27. The van der Waals surface area contributed by atoms with Gasteiger partial charge in [0.2, 0.25) is 5.78 Å². The Morgan fingerprint density at radius 3 is 2.86 bits per heavy atom. The van der Waals surface area contributed by atoms with Crippen molar-refractivity contribution in [1.29, 1.82) is 0 Å². The Morgan fingerprint density at radius 2 is 2.14 bits per heavy atom. The lowest BCUT2D eigenvalue weighted by molar-refractivity contribution is -0.125. The Balaban J connectivity index is 2.00. The van der Waals surface area contributed by atoms with Gasteiger partial charge in [-0.15, -0.1) is 0 Å². The van der Waals surface area contributed by atoms with Crippen molar-refractivity contribution in [3.63, 3.8) is 0 Å². The second-order valence-corrected chi connectivity index (χ2v) is 4.95. The minimum Gasteiger partial charge on any atom is -0.497 e. The molecule has 0 fully saturated rings. The zero-order chi connectivity index (χ0) is 15.0. The van der Waals surface area contributed by atoms with Gasteiger partial charge in [0.25, 0.3) is 0 Å². The van der Waals surface area contributed by atoms with E-state index in [4.69, 9.17) is 9.47 Å². The molecule has 2 N–H and O–H groups in total. The first kappa shape index (κ1) is 13.7. The summed E-state index contributed by atoms with van der Waals surface area (Å²) in [5.74, 6) is 0.529. The molecule has 0 amide bonds. The van der Waals surface area contributed by atoms with Crippen molar-refractivity contribution in [3.05, 3.63) is 58.7 Å². The number of methoxy groups -OCH3 is 1. The largest absolute Gasteiger partial charge is 0.497 e. The number of carbonyl (C=O) groups is 1. The van der Waals surface area contributed by atoms with E-state index in [-0.39, 0.29) is 11.8 Å². The lowest BCUT2D eigenvalue weighted by atomic mass is 9.87. The molecule has 5 nitrogen and oxygen atoms in total. The smallest absolute Gasteiger partial charge is 0.230 e. The molecule has 21 heavy (non-hydrogen) atoms. The molecule has 0 aromatic carbocycles. The minimum atomic E-state index is -1.20. The molecular weight excluding hydrogens is 270 g/mol. The van der Waals surface area contributed by atoms with E-state index in [2.05, 4.69) is 5.32 Å². The molecule has 2 atom stereocenters. The van der Waals surface area contributed by atoms with E-state index < -0.39 is 11.9 Å². The van der Waals surface area contributed by atoms with E-state index in [9.17, 15) is 9.90 Å². The number of aliphatic hydroxyl groups is 1. The molecular formula is C16H17NO4. The number of fused-ring (bicyclic) bond motifs is 1. The highest BCUT2D eigenvalue weighted by Crippen LogP contribution is 2.30. The molecule has 0 bridgehead atoms. The van der Waals surface area contributed by atoms with Crippen LogP contribution < -0.4 is 5.32 Å². The molecule has 1 aliphatic heterocycles. The van der Waals surface area contributed by atoms with E-state index in [0.29, 0.717) is 12.2 Å². The lowest BCUT2D eigenvalue weighted by Gasteiger charge is -2.32. The molecule has 5 heteroatoms. The van der Waals surface area contributed by atoms with Gasteiger partial charge >= 0.3 is 0 Å².